The molecule has 2 amide bonds. The Bertz CT molecular complexity index is 1320. The maximum Gasteiger partial charge on any atom is 0.408 e. The Balaban J connectivity index is 1.84. The number of carbonyl (C=O) groups is 5. The first-order valence-electron chi connectivity index (χ1n) is 15.7. The highest BCUT2D eigenvalue weighted by molar-refractivity contribution is 5.94. The second-order valence-electron chi connectivity index (χ2n) is 13.3. The van der Waals surface area contributed by atoms with Gasteiger partial charge in [-0.2, -0.15) is 0 Å². The standard InChI is InChI=1S/C35H48N2O7/c1-22(2)18-26(32(40)36-29(33(41)43-6)20-25-13-8-10-17-30(25)38)21-31(39)28(37-34(42)44-35(3,4)5)19-24-15-11-14-23-12-7-9-16-27(23)24/h7,9,11-12,14-16,22,25-26,28-29H,8,10,13,17-21H2,1-6H3,(H,36,40)(H,37,42)/t25-,26+,28-,29-/m0/s1. The molecule has 0 saturated heterocycles. The number of rotatable bonds is 13. The van der Waals surface area contributed by atoms with Crippen LogP contribution in [0.15, 0.2) is 42.5 Å². The van der Waals surface area contributed by atoms with Crippen molar-refractivity contribution in [2.75, 3.05) is 7.11 Å². The average Bonchev–Trinajstić information content (AvgIpc) is 2.95. The number of hydrogen-bond acceptors (Lipinski definition) is 7. The van der Waals surface area contributed by atoms with E-state index in [4.69, 9.17) is 9.47 Å². The molecule has 1 aliphatic rings. The molecule has 2 aromatic rings. The van der Waals surface area contributed by atoms with Crippen molar-refractivity contribution in [1.82, 2.24) is 10.6 Å². The summed E-state index contributed by atoms with van der Waals surface area (Å²) in [6.45, 7) is 9.15. The molecule has 1 aliphatic carbocycles. The summed E-state index contributed by atoms with van der Waals surface area (Å²) in [5.41, 5.74) is 0.116. The molecule has 4 atom stereocenters. The summed E-state index contributed by atoms with van der Waals surface area (Å²) in [6, 6.07) is 11.7. The Morgan fingerprint density at radius 1 is 0.955 bits per heavy atom. The van der Waals surface area contributed by atoms with Crippen LogP contribution in [0.3, 0.4) is 0 Å². The van der Waals surface area contributed by atoms with Crippen LogP contribution in [0, 0.1) is 17.8 Å². The number of amides is 2. The van der Waals surface area contributed by atoms with Crippen LogP contribution >= 0.6 is 0 Å². The van der Waals surface area contributed by atoms with Crippen molar-refractivity contribution in [2.45, 2.75) is 104 Å². The molecule has 3 rings (SSSR count). The van der Waals surface area contributed by atoms with E-state index in [1.54, 1.807) is 20.8 Å². The van der Waals surface area contributed by atoms with E-state index in [1.165, 1.54) is 7.11 Å². The van der Waals surface area contributed by atoms with E-state index >= 15 is 0 Å². The van der Waals surface area contributed by atoms with Crippen molar-refractivity contribution in [1.29, 1.82) is 0 Å². The van der Waals surface area contributed by atoms with Gasteiger partial charge in [0.1, 0.15) is 17.4 Å². The summed E-state index contributed by atoms with van der Waals surface area (Å²) in [6.07, 6.45) is 2.78. The van der Waals surface area contributed by atoms with Crippen LogP contribution in [-0.4, -0.2) is 54.3 Å². The van der Waals surface area contributed by atoms with E-state index in [9.17, 15) is 24.0 Å². The molecule has 0 heterocycles. The quantitative estimate of drug-likeness (QED) is 0.279. The lowest BCUT2D eigenvalue weighted by Gasteiger charge is -2.27. The summed E-state index contributed by atoms with van der Waals surface area (Å²) in [5, 5.41) is 7.53. The Labute approximate surface area is 260 Å². The SMILES string of the molecule is COC(=O)[C@H](C[C@@H]1CCCCC1=O)NC(=O)[C@@H](CC(=O)[C@H](Cc1cccc2ccccc12)NC(=O)OC(C)(C)C)CC(C)C. The first-order chi connectivity index (χ1) is 20.8. The lowest BCUT2D eigenvalue weighted by Crippen LogP contribution is -2.48. The number of alkyl carbamates (subject to hydrolysis) is 1. The smallest absolute Gasteiger partial charge is 0.408 e. The maximum atomic E-state index is 13.9. The van der Waals surface area contributed by atoms with Crippen LogP contribution in [0.4, 0.5) is 4.79 Å². The molecule has 2 N–H and O–H groups in total. The Hall–Kier alpha value is -3.75. The topological polar surface area (TPSA) is 128 Å². The summed E-state index contributed by atoms with van der Waals surface area (Å²) in [7, 11) is 1.25. The van der Waals surface area contributed by atoms with Gasteiger partial charge in [0.15, 0.2) is 5.78 Å². The van der Waals surface area contributed by atoms with Crippen LogP contribution in [-0.2, 0) is 35.1 Å². The second-order valence-corrected chi connectivity index (χ2v) is 13.3. The van der Waals surface area contributed by atoms with Gasteiger partial charge in [-0.3, -0.25) is 14.4 Å². The first-order valence-corrected chi connectivity index (χ1v) is 15.7. The van der Waals surface area contributed by atoms with Gasteiger partial charge in [-0.1, -0.05) is 62.7 Å². The number of esters is 1. The van der Waals surface area contributed by atoms with Crippen molar-refractivity contribution in [3.05, 3.63) is 48.0 Å². The fourth-order valence-electron chi connectivity index (χ4n) is 5.86. The van der Waals surface area contributed by atoms with Gasteiger partial charge in [0.2, 0.25) is 5.91 Å². The molecule has 1 fully saturated rings. The summed E-state index contributed by atoms with van der Waals surface area (Å²) < 4.78 is 10.4. The zero-order chi connectivity index (χ0) is 32.4. The van der Waals surface area contributed by atoms with Gasteiger partial charge in [-0.15, -0.1) is 0 Å². The van der Waals surface area contributed by atoms with Crippen LogP contribution in [0.2, 0.25) is 0 Å². The molecule has 0 aromatic heterocycles. The third-order valence-corrected chi connectivity index (χ3v) is 7.96. The number of methoxy groups -OCH3 is 1. The van der Waals surface area contributed by atoms with E-state index in [-0.39, 0.29) is 42.7 Å². The van der Waals surface area contributed by atoms with Crippen LogP contribution in [0.5, 0.6) is 0 Å². The molecule has 2 aromatic carbocycles. The van der Waals surface area contributed by atoms with E-state index in [2.05, 4.69) is 10.6 Å². The lowest BCUT2D eigenvalue weighted by molar-refractivity contribution is -0.146. The number of benzene rings is 2. The van der Waals surface area contributed by atoms with E-state index < -0.39 is 41.6 Å². The van der Waals surface area contributed by atoms with Gasteiger partial charge in [0.05, 0.1) is 13.2 Å². The largest absolute Gasteiger partial charge is 0.467 e. The van der Waals surface area contributed by atoms with Gasteiger partial charge >= 0.3 is 12.1 Å². The van der Waals surface area contributed by atoms with Gasteiger partial charge < -0.3 is 20.1 Å². The molecular weight excluding hydrogens is 560 g/mol. The van der Waals surface area contributed by atoms with Crippen LogP contribution in [0.25, 0.3) is 10.8 Å². The second kappa shape index (κ2) is 15.8. The number of Topliss-reactive ketones (excluding diaryl/α,β-unsaturated/α-hetero) is 2. The number of fused-ring (bicyclic) bond motifs is 1. The Morgan fingerprint density at radius 3 is 2.32 bits per heavy atom. The third-order valence-electron chi connectivity index (χ3n) is 7.96. The normalized spacial score (nSPS) is 17.4. The number of nitrogens with one attached hydrogen (secondary N) is 2. The summed E-state index contributed by atoms with van der Waals surface area (Å²) in [5.74, 6) is -2.29. The molecule has 0 unspecified atom stereocenters. The fraction of sp³-hybridized carbons (Fsp3) is 0.571. The number of ketones is 2. The number of carbonyl (C=O) groups excluding carboxylic acids is 5. The third kappa shape index (κ3) is 10.5. The van der Waals surface area contributed by atoms with Gasteiger partial charge in [0.25, 0.3) is 0 Å². The molecule has 44 heavy (non-hydrogen) atoms. The molecule has 240 valence electrons. The van der Waals surface area contributed by atoms with Crippen LogP contribution in [0.1, 0.15) is 85.1 Å². The first kappa shape index (κ1) is 34.7. The van der Waals surface area contributed by atoms with Gasteiger partial charge in [-0.05, 0) is 68.7 Å². The molecule has 9 heteroatoms. The summed E-state index contributed by atoms with van der Waals surface area (Å²) >= 11 is 0. The lowest BCUT2D eigenvalue weighted by atomic mass is 9.83. The molecule has 0 bridgehead atoms. The molecule has 9 nitrogen and oxygen atoms in total. The van der Waals surface area contributed by atoms with E-state index in [0.717, 1.165) is 29.2 Å². The minimum absolute atomic E-state index is 0.0744. The maximum absolute atomic E-state index is 13.9. The van der Waals surface area contributed by atoms with Crippen molar-refractivity contribution >= 4 is 40.3 Å². The van der Waals surface area contributed by atoms with Gasteiger partial charge in [-0.25, -0.2) is 9.59 Å². The monoisotopic (exact) mass is 608 g/mol. The summed E-state index contributed by atoms with van der Waals surface area (Å²) in [4.78, 5) is 65.6. The predicted molar refractivity (Wildman–Crippen MR) is 169 cm³/mol. The fourth-order valence-corrected chi connectivity index (χ4v) is 5.86. The van der Waals surface area contributed by atoms with Crippen molar-refractivity contribution in [3.8, 4) is 0 Å². The van der Waals surface area contributed by atoms with Gasteiger partial charge in [0, 0.05) is 31.1 Å². The minimum Gasteiger partial charge on any atom is -0.467 e. The molecule has 0 radical (unpaired) electrons. The van der Waals surface area contributed by atoms with Crippen molar-refractivity contribution in [3.63, 3.8) is 0 Å². The zero-order valence-corrected chi connectivity index (χ0v) is 26.9. The highest BCUT2D eigenvalue weighted by Gasteiger charge is 2.34. The highest BCUT2D eigenvalue weighted by atomic mass is 16.6. The number of hydrogen-bond donors (Lipinski definition) is 2. The zero-order valence-electron chi connectivity index (χ0n) is 26.9. The molecule has 0 aliphatic heterocycles. The minimum atomic E-state index is -0.990. The molecular formula is C35H48N2O7. The predicted octanol–water partition coefficient (Wildman–Crippen LogP) is 5.70. The van der Waals surface area contributed by atoms with Crippen molar-refractivity contribution < 1.29 is 33.4 Å². The highest BCUT2D eigenvalue weighted by Crippen LogP contribution is 2.26. The number of ether oxygens (including phenoxy) is 2. The van der Waals surface area contributed by atoms with Crippen molar-refractivity contribution in [2.24, 2.45) is 17.8 Å². The van der Waals surface area contributed by atoms with E-state index in [1.807, 2.05) is 56.3 Å². The molecule has 0 spiro atoms. The molecule has 1 saturated carbocycles. The Kier molecular flexibility index (Phi) is 12.5. The van der Waals surface area contributed by atoms with Crippen LogP contribution < -0.4 is 10.6 Å². The van der Waals surface area contributed by atoms with E-state index in [0.29, 0.717) is 19.3 Å². The Morgan fingerprint density at radius 2 is 1.66 bits per heavy atom. The average molecular weight is 609 g/mol.